The highest BCUT2D eigenvalue weighted by atomic mass is 32.1. The highest BCUT2D eigenvalue weighted by Crippen LogP contribution is 2.32. The third-order valence-electron chi connectivity index (χ3n) is 3.57. The smallest absolute Gasteiger partial charge is 0.306 e. The van der Waals surface area contributed by atoms with Gasteiger partial charge in [0, 0.05) is 16.6 Å². The van der Waals surface area contributed by atoms with Crippen molar-refractivity contribution in [1.29, 1.82) is 0 Å². The normalized spacial score (nSPS) is 16.9. The summed E-state index contributed by atoms with van der Waals surface area (Å²) in [6.07, 6.45) is 0.895. The molecule has 0 saturated heterocycles. The van der Waals surface area contributed by atoms with E-state index in [-0.39, 0.29) is 12.1 Å². The van der Waals surface area contributed by atoms with E-state index in [4.69, 9.17) is 0 Å². The summed E-state index contributed by atoms with van der Waals surface area (Å²) < 4.78 is 0. The second-order valence-electron chi connectivity index (χ2n) is 5.00. The predicted molar refractivity (Wildman–Crippen MR) is 84.8 cm³/mol. The molecule has 2 amide bonds. The zero-order valence-electron chi connectivity index (χ0n) is 11.2. The van der Waals surface area contributed by atoms with Gasteiger partial charge in [-0.2, -0.15) is 0 Å². The number of para-hydroxylation sites is 2. The largest absolute Gasteiger partial charge is 0.326 e. The van der Waals surface area contributed by atoms with Crippen LogP contribution in [0.5, 0.6) is 0 Å². The number of urea groups is 1. The molecule has 0 spiro atoms. The maximum atomic E-state index is 12.5. The lowest BCUT2D eigenvalue weighted by Crippen LogP contribution is -2.39. The molecule has 0 bridgehead atoms. The van der Waals surface area contributed by atoms with Crippen LogP contribution in [0.2, 0.25) is 0 Å². The van der Waals surface area contributed by atoms with Crippen LogP contribution in [0.4, 0.5) is 16.2 Å². The molecule has 20 heavy (non-hydrogen) atoms. The Bertz CT molecular complexity index is 656. The SMILES string of the molecule is CC1Cc2ccccc2N1C(=O)Nc1ccccc1S. The lowest BCUT2D eigenvalue weighted by molar-refractivity contribution is 0.255. The minimum Gasteiger partial charge on any atom is -0.306 e. The molecule has 4 heteroatoms. The zero-order chi connectivity index (χ0) is 14.1. The summed E-state index contributed by atoms with van der Waals surface area (Å²) in [5.41, 5.74) is 2.95. The van der Waals surface area contributed by atoms with Crippen LogP contribution in [-0.4, -0.2) is 12.1 Å². The van der Waals surface area contributed by atoms with E-state index in [0.29, 0.717) is 0 Å². The van der Waals surface area contributed by atoms with Crippen molar-refractivity contribution in [3.63, 3.8) is 0 Å². The second kappa shape index (κ2) is 5.21. The fraction of sp³-hybridized carbons (Fsp3) is 0.188. The van der Waals surface area contributed by atoms with Crippen LogP contribution < -0.4 is 10.2 Å². The maximum absolute atomic E-state index is 12.5. The van der Waals surface area contributed by atoms with E-state index in [1.54, 1.807) is 0 Å². The van der Waals surface area contributed by atoms with Crippen molar-refractivity contribution in [2.45, 2.75) is 24.3 Å². The quantitative estimate of drug-likeness (QED) is 0.763. The van der Waals surface area contributed by atoms with Gasteiger partial charge in [-0.15, -0.1) is 12.6 Å². The number of hydrogen-bond acceptors (Lipinski definition) is 2. The number of carbonyl (C=O) groups is 1. The molecule has 0 aromatic heterocycles. The third-order valence-corrected chi connectivity index (χ3v) is 3.96. The van der Waals surface area contributed by atoms with Gasteiger partial charge in [0.2, 0.25) is 0 Å². The van der Waals surface area contributed by atoms with Gasteiger partial charge in [-0.25, -0.2) is 4.79 Å². The molecule has 0 fully saturated rings. The van der Waals surface area contributed by atoms with Gasteiger partial charge in [-0.1, -0.05) is 30.3 Å². The number of rotatable bonds is 1. The second-order valence-corrected chi connectivity index (χ2v) is 5.48. The van der Waals surface area contributed by atoms with Gasteiger partial charge in [-0.3, -0.25) is 4.90 Å². The molecule has 0 aliphatic carbocycles. The average molecular weight is 284 g/mol. The Hall–Kier alpha value is -1.94. The van der Waals surface area contributed by atoms with E-state index in [1.165, 1.54) is 5.56 Å². The molecule has 2 aromatic carbocycles. The molecular formula is C16H16N2OS. The molecule has 1 heterocycles. The average Bonchev–Trinajstić information content (AvgIpc) is 2.77. The summed E-state index contributed by atoms with van der Waals surface area (Å²) in [6.45, 7) is 2.06. The summed E-state index contributed by atoms with van der Waals surface area (Å²) in [4.78, 5) is 15.1. The van der Waals surface area contributed by atoms with E-state index in [0.717, 1.165) is 22.7 Å². The first-order valence-corrected chi connectivity index (χ1v) is 7.07. The number of fused-ring (bicyclic) bond motifs is 1. The Morgan fingerprint density at radius 2 is 1.90 bits per heavy atom. The molecule has 1 aliphatic heterocycles. The van der Waals surface area contributed by atoms with Gasteiger partial charge in [-0.05, 0) is 37.1 Å². The molecule has 0 saturated carbocycles. The molecule has 3 nitrogen and oxygen atoms in total. The molecule has 1 N–H and O–H groups in total. The number of nitrogens with zero attached hydrogens (tertiary/aromatic N) is 1. The van der Waals surface area contributed by atoms with E-state index in [2.05, 4.69) is 30.9 Å². The molecule has 1 atom stereocenters. The molecule has 1 unspecified atom stereocenters. The summed E-state index contributed by atoms with van der Waals surface area (Å²) in [7, 11) is 0. The van der Waals surface area contributed by atoms with Crippen molar-refractivity contribution in [3.05, 3.63) is 54.1 Å². The van der Waals surface area contributed by atoms with E-state index < -0.39 is 0 Å². The van der Waals surface area contributed by atoms with Crippen molar-refractivity contribution >= 4 is 30.0 Å². The van der Waals surface area contributed by atoms with Gasteiger partial charge in [0.1, 0.15) is 0 Å². The number of anilines is 2. The van der Waals surface area contributed by atoms with Crippen LogP contribution in [-0.2, 0) is 6.42 Å². The maximum Gasteiger partial charge on any atom is 0.326 e. The lowest BCUT2D eigenvalue weighted by atomic mass is 10.1. The van der Waals surface area contributed by atoms with E-state index >= 15 is 0 Å². The summed E-state index contributed by atoms with van der Waals surface area (Å²) in [5.74, 6) is 0. The fourth-order valence-electron chi connectivity index (χ4n) is 2.63. The van der Waals surface area contributed by atoms with Gasteiger partial charge < -0.3 is 5.32 Å². The number of hydrogen-bond donors (Lipinski definition) is 2. The van der Waals surface area contributed by atoms with Crippen LogP contribution in [0.15, 0.2) is 53.4 Å². The molecular weight excluding hydrogens is 268 g/mol. The molecule has 0 radical (unpaired) electrons. The topological polar surface area (TPSA) is 32.3 Å². The minimum absolute atomic E-state index is 0.107. The van der Waals surface area contributed by atoms with Crippen LogP contribution >= 0.6 is 12.6 Å². The predicted octanol–water partition coefficient (Wildman–Crippen LogP) is 3.96. The van der Waals surface area contributed by atoms with Gasteiger partial charge in [0.05, 0.1) is 5.69 Å². The monoisotopic (exact) mass is 284 g/mol. The number of carbonyl (C=O) groups excluding carboxylic acids is 1. The molecule has 102 valence electrons. The first-order chi connectivity index (χ1) is 9.66. The Labute approximate surface area is 124 Å². The lowest BCUT2D eigenvalue weighted by Gasteiger charge is -2.23. The molecule has 2 aromatic rings. The first kappa shape index (κ1) is 13.1. The molecule has 3 rings (SSSR count). The highest BCUT2D eigenvalue weighted by molar-refractivity contribution is 7.80. The highest BCUT2D eigenvalue weighted by Gasteiger charge is 2.30. The van der Waals surface area contributed by atoms with Gasteiger partial charge in [0.15, 0.2) is 0 Å². The first-order valence-electron chi connectivity index (χ1n) is 6.63. The standard InChI is InChI=1S/C16H16N2OS/c1-11-10-12-6-2-4-8-14(12)18(11)16(19)17-13-7-3-5-9-15(13)20/h2-9,11,20H,10H2,1H3,(H,17,19). The summed E-state index contributed by atoms with van der Waals surface area (Å²) in [6, 6.07) is 15.6. The van der Waals surface area contributed by atoms with Crippen molar-refractivity contribution in [3.8, 4) is 0 Å². The summed E-state index contributed by atoms with van der Waals surface area (Å²) in [5, 5.41) is 2.93. The van der Waals surface area contributed by atoms with Crippen LogP contribution in [0.1, 0.15) is 12.5 Å². The number of benzene rings is 2. The van der Waals surface area contributed by atoms with Crippen molar-refractivity contribution < 1.29 is 4.79 Å². The number of thiol groups is 1. The van der Waals surface area contributed by atoms with E-state index in [1.807, 2.05) is 47.4 Å². The summed E-state index contributed by atoms with van der Waals surface area (Å²) >= 11 is 4.36. The number of amides is 2. The fourth-order valence-corrected chi connectivity index (χ4v) is 2.85. The van der Waals surface area contributed by atoms with Crippen molar-refractivity contribution in [1.82, 2.24) is 0 Å². The zero-order valence-corrected chi connectivity index (χ0v) is 12.1. The Morgan fingerprint density at radius 1 is 1.20 bits per heavy atom. The van der Waals surface area contributed by atoms with Gasteiger partial charge in [0.25, 0.3) is 0 Å². The van der Waals surface area contributed by atoms with Crippen LogP contribution in [0.25, 0.3) is 0 Å². The molecule has 1 aliphatic rings. The van der Waals surface area contributed by atoms with Crippen molar-refractivity contribution in [2.24, 2.45) is 0 Å². The minimum atomic E-state index is -0.107. The Morgan fingerprint density at radius 3 is 2.70 bits per heavy atom. The van der Waals surface area contributed by atoms with E-state index in [9.17, 15) is 4.79 Å². The van der Waals surface area contributed by atoms with Gasteiger partial charge >= 0.3 is 6.03 Å². The Balaban J connectivity index is 1.86. The third kappa shape index (κ3) is 2.27. The van der Waals surface area contributed by atoms with Crippen molar-refractivity contribution in [2.75, 3.05) is 10.2 Å². The Kier molecular flexibility index (Phi) is 3.40. The van der Waals surface area contributed by atoms with Crippen LogP contribution in [0, 0.1) is 0 Å². The van der Waals surface area contributed by atoms with Crippen LogP contribution in [0.3, 0.4) is 0 Å². The number of nitrogens with one attached hydrogen (secondary N) is 1.